The summed E-state index contributed by atoms with van der Waals surface area (Å²) in [6.07, 6.45) is 1.01. The van der Waals surface area contributed by atoms with Crippen LogP contribution in [-0.2, 0) is 6.42 Å². The average Bonchev–Trinajstić information content (AvgIpc) is 3.36. The maximum Gasteiger partial charge on any atom is 0.0462 e. The van der Waals surface area contributed by atoms with E-state index in [-0.39, 0.29) is 0 Å². The Hall–Kier alpha value is -4.88. The number of hydrogen-bond acceptors (Lipinski definition) is 1. The molecule has 1 aliphatic rings. The van der Waals surface area contributed by atoms with Crippen LogP contribution in [0.4, 0.5) is 17.1 Å². The van der Waals surface area contributed by atoms with E-state index in [2.05, 4.69) is 158 Å². The lowest BCUT2D eigenvalue weighted by molar-refractivity contribution is 1.25. The van der Waals surface area contributed by atoms with Crippen LogP contribution >= 0.6 is 0 Å². The molecule has 0 heterocycles. The molecule has 1 aliphatic carbocycles. The first kappa shape index (κ1) is 24.2. The molecule has 0 N–H and O–H groups in total. The van der Waals surface area contributed by atoms with Crippen molar-refractivity contribution in [2.45, 2.75) is 20.3 Å². The summed E-state index contributed by atoms with van der Waals surface area (Å²) in [5.74, 6) is 0. The zero-order valence-electron chi connectivity index (χ0n) is 22.9. The van der Waals surface area contributed by atoms with Gasteiger partial charge in [-0.05, 0) is 101 Å². The van der Waals surface area contributed by atoms with Crippen molar-refractivity contribution < 1.29 is 0 Å². The number of fused-ring (bicyclic) bond motifs is 3. The molecule has 7 rings (SSSR count). The van der Waals surface area contributed by atoms with Crippen molar-refractivity contribution in [1.82, 2.24) is 0 Å². The van der Waals surface area contributed by atoms with Gasteiger partial charge in [0.15, 0.2) is 0 Å². The number of aryl methyl sites for hydroxylation is 2. The Morgan fingerprint density at radius 2 is 0.850 bits per heavy atom. The van der Waals surface area contributed by atoms with E-state index in [0.717, 1.165) is 23.5 Å². The fraction of sp³-hybridized carbons (Fsp3) is 0.0769. The molecule has 0 saturated carbocycles. The number of hydrogen-bond donors (Lipinski definition) is 0. The summed E-state index contributed by atoms with van der Waals surface area (Å²) >= 11 is 0. The molecule has 0 radical (unpaired) electrons. The molecule has 0 atom stereocenters. The third kappa shape index (κ3) is 4.50. The average molecular weight is 514 g/mol. The Kier molecular flexibility index (Phi) is 6.06. The Labute approximate surface area is 237 Å². The maximum absolute atomic E-state index is 2.37. The first-order chi connectivity index (χ1) is 19.6. The van der Waals surface area contributed by atoms with Gasteiger partial charge < -0.3 is 4.90 Å². The molecule has 0 amide bonds. The van der Waals surface area contributed by atoms with E-state index in [1.54, 1.807) is 0 Å². The summed E-state index contributed by atoms with van der Waals surface area (Å²) in [6.45, 7) is 4.30. The highest BCUT2D eigenvalue weighted by atomic mass is 15.1. The fourth-order valence-electron chi connectivity index (χ4n) is 5.90. The maximum atomic E-state index is 2.37. The smallest absolute Gasteiger partial charge is 0.0462 e. The molecular weight excluding hydrogens is 482 g/mol. The second kappa shape index (κ2) is 10.0. The molecule has 1 nitrogen and oxygen atoms in total. The van der Waals surface area contributed by atoms with Crippen LogP contribution < -0.4 is 4.90 Å². The van der Waals surface area contributed by atoms with Crippen LogP contribution in [0.25, 0.3) is 33.4 Å². The molecule has 0 saturated heterocycles. The van der Waals surface area contributed by atoms with Crippen LogP contribution in [0.3, 0.4) is 0 Å². The van der Waals surface area contributed by atoms with E-state index in [0.29, 0.717) is 0 Å². The molecule has 192 valence electrons. The molecule has 40 heavy (non-hydrogen) atoms. The minimum Gasteiger partial charge on any atom is -0.311 e. The molecule has 0 fully saturated rings. The first-order valence-electron chi connectivity index (χ1n) is 14.0. The van der Waals surface area contributed by atoms with E-state index in [1.165, 1.54) is 55.6 Å². The van der Waals surface area contributed by atoms with Gasteiger partial charge in [0.2, 0.25) is 0 Å². The van der Waals surface area contributed by atoms with E-state index in [1.807, 2.05) is 0 Å². The molecule has 0 aromatic heterocycles. The highest BCUT2D eigenvalue weighted by molar-refractivity contribution is 5.82. The molecule has 0 spiro atoms. The Balaban J connectivity index is 1.20. The van der Waals surface area contributed by atoms with Crippen molar-refractivity contribution in [2.24, 2.45) is 0 Å². The van der Waals surface area contributed by atoms with Crippen LogP contribution in [0, 0.1) is 13.8 Å². The zero-order chi connectivity index (χ0) is 27.1. The van der Waals surface area contributed by atoms with Gasteiger partial charge in [0.25, 0.3) is 0 Å². The predicted octanol–water partition coefficient (Wildman–Crippen LogP) is 10.7. The van der Waals surface area contributed by atoms with Crippen molar-refractivity contribution in [1.29, 1.82) is 0 Å². The molecule has 0 aliphatic heterocycles. The van der Waals surface area contributed by atoms with Crippen molar-refractivity contribution in [3.63, 3.8) is 0 Å². The molecule has 0 bridgehead atoms. The lowest BCUT2D eigenvalue weighted by atomic mass is 9.98. The normalized spacial score (nSPS) is 11.7. The van der Waals surface area contributed by atoms with Gasteiger partial charge in [0, 0.05) is 17.1 Å². The van der Waals surface area contributed by atoms with Gasteiger partial charge in [0.1, 0.15) is 0 Å². The van der Waals surface area contributed by atoms with Crippen molar-refractivity contribution in [3.05, 3.63) is 162 Å². The summed E-state index contributed by atoms with van der Waals surface area (Å²) in [5, 5.41) is 0. The Bertz CT molecular complexity index is 1800. The fourth-order valence-corrected chi connectivity index (χ4v) is 5.90. The number of rotatable bonds is 5. The molecule has 0 unspecified atom stereocenters. The lowest BCUT2D eigenvalue weighted by Gasteiger charge is -2.26. The molecular formula is C39H31N. The number of para-hydroxylation sites is 1. The number of nitrogens with zero attached hydrogens (tertiary/aromatic N) is 1. The van der Waals surface area contributed by atoms with Crippen LogP contribution in [-0.4, -0.2) is 0 Å². The monoisotopic (exact) mass is 513 g/mol. The van der Waals surface area contributed by atoms with E-state index in [9.17, 15) is 0 Å². The molecule has 6 aromatic rings. The largest absolute Gasteiger partial charge is 0.311 e. The third-order valence-corrected chi connectivity index (χ3v) is 8.02. The summed E-state index contributed by atoms with van der Waals surface area (Å²) in [7, 11) is 0. The second-order valence-electron chi connectivity index (χ2n) is 10.8. The van der Waals surface area contributed by atoms with Crippen molar-refractivity contribution >= 4 is 17.1 Å². The Morgan fingerprint density at radius 3 is 1.48 bits per heavy atom. The van der Waals surface area contributed by atoms with E-state index < -0.39 is 0 Å². The van der Waals surface area contributed by atoms with Crippen LogP contribution in [0.1, 0.15) is 22.3 Å². The molecule has 1 heteroatoms. The van der Waals surface area contributed by atoms with Crippen molar-refractivity contribution in [3.8, 4) is 33.4 Å². The number of benzene rings is 6. The minimum atomic E-state index is 1.01. The second-order valence-corrected chi connectivity index (χ2v) is 10.8. The topological polar surface area (TPSA) is 3.24 Å². The van der Waals surface area contributed by atoms with Crippen LogP contribution in [0.15, 0.2) is 140 Å². The van der Waals surface area contributed by atoms with E-state index >= 15 is 0 Å². The third-order valence-electron chi connectivity index (χ3n) is 8.02. The SMILES string of the molecule is Cc1ccc(-c2ccc(N(c3ccccc3)c3ccc(-c4ccc5c(c4)Cc4cc(C)ccc4-5)cc3)cc2)cc1. The summed E-state index contributed by atoms with van der Waals surface area (Å²) in [4.78, 5) is 2.32. The summed E-state index contributed by atoms with van der Waals surface area (Å²) in [6, 6.07) is 50.9. The van der Waals surface area contributed by atoms with Gasteiger partial charge in [-0.25, -0.2) is 0 Å². The van der Waals surface area contributed by atoms with Gasteiger partial charge >= 0.3 is 0 Å². The van der Waals surface area contributed by atoms with Gasteiger partial charge in [-0.2, -0.15) is 0 Å². The molecule has 6 aromatic carbocycles. The van der Waals surface area contributed by atoms with Crippen LogP contribution in [0.2, 0.25) is 0 Å². The lowest BCUT2D eigenvalue weighted by Crippen LogP contribution is -2.09. The number of anilines is 3. The minimum absolute atomic E-state index is 1.01. The van der Waals surface area contributed by atoms with Gasteiger partial charge in [-0.15, -0.1) is 0 Å². The first-order valence-corrected chi connectivity index (χ1v) is 14.0. The quantitative estimate of drug-likeness (QED) is 0.221. The standard InChI is InChI=1S/C39H31N/c1-27-8-11-29(12-9-27)30-13-18-36(19-14-30)40(35-6-4-3-5-7-35)37-20-15-31(16-21-37)32-17-23-39-34(25-32)26-33-24-28(2)10-22-38(33)39/h3-25H,26H2,1-2H3. The van der Waals surface area contributed by atoms with Crippen LogP contribution in [0.5, 0.6) is 0 Å². The summed E-state index contributed by atoms with van der Waals surface area (Å²) in [5.41, 5.74) is 16.6. The highest BCUT2D eigenvalue weighted by Gasteiger charge is 2.19. The van der Waals surface area contributed by atoms with Gasteiger partial charge in [0.05, 0.1) is 0 Å². The highest BCUT2D eigenvalue weighted by Crippen LogP contribution is 2.40. The zero-order valence-corrected chi connectivity index (χ0v) is 22.9. The van der Waals surface area contributed by atoms with Gasteiger partial charge in [-0.1, -0.05) is 114 Å². The Morgan fingerprint density at radius 1 is 0.400 bits per heavy atom. The van der Waals surface area contributed by atoms with Crippen molar-refractivity contribution in [2.75, 3.05) is 4.90 Å². The van der Waals surface area contributed by atoms with E-state index in [4.69, 9.17) is 0 Å². The van der Waals surface area contributed by atoms with Gasteiger partial charge in [-0.3, -0.25) is 0 Å². The predicted molar refractivity (Wildman–Crippen MR) is 170 cm³/mol. The summed E-state index contributed by atoms with van der Waals surface area (Å²) < 4.78 is 0.